The van der Waals surface area contributed by atoms with Gasteiger partial charge < -0.3 is 0 Å². The van der Waals surface area contributed by atoms with Crippen molar-refractivity contribution in [2.75, 3.05) is 0 Å². The Kier molecular flexibility index (Phi) is 5.66. The van der Waals surface area contributed by atoms with Crippen molar-refractivity contribution in [1.82, 2.24) is 0 Å². The summed E-state index contributed by atoms with van der Waals surface area (Å²) < 4.78 is 0. The van der Waals surface area contributed by atoms with Gasteiger partial charge in [-0.3, -0.25) is 0 Å². The highest BCUT2D eigenvalue weighted by Crippen LogP contribution is 2.28. The van der Waals surface area contributed by atoms with Gasteiger partial charge in [-0.25, -0.2) is 0 Å². The molecule has 0 amide bonds. The molecule has 0 spiro atoms. The van der Waals surface area contributed by atoms with Crippen LogP contribution in [0.25, 0.3) is 0 Å². The lowest BCUT2D eigenvalue weighted by Crippen LogP contribution is -2.01. The summed E-state index contributed by atoms with van der Waals surface area (Å²) in [5, 5.41) is 0. The van der Waals surface area contributed by atoms with Gasteiger partial charge in [0, 0.05) is 0 Å². The van der Waals surface area contributed by atoms with Gasteiger partial charge in [-0.2, -0.15) is 0 Å². The van der Waals surface area contributed by atoms with Crippen molar-refractivity contribution in [2.24, 2.45) is 11.8 Å². The summed E-state index contributed by atoms with van der Waals surface area (Å²) in [4.78, 5) is 0. The van der Waals surface area contributed by atoms with Gasteiger partial charge in [-0.15, -0.1) is 13.2 Å². The third kappa shape index (κ3) is 4.13. The Hall–Kier alpha value is -0.520. The van der Waals surface area contributed by atoms with Crippen LogP contribution in [-0.4, -0.2) is 0 Å². The fraction of sp³-hybridized carbons (Fsp3) is 0.714. The molecule has 0 aromatic rings. The molecule has 14 heavy (non-hydrogen) atoms. The third-order valence-corrected chi connectivity index (χ3v) is 3.49. The first-order valence-corrected chi connectivity index (χ1v) is 6.12. The molecule has 0 unspecified atom stereocenters. The molecule has 0 aromatic carbocycles. The van der Waals surface area contributed by atoms with Crippen LogP contribution < -0.4 is 0 Å². The Morgan fingerprint density at radius 3 is 2.07 bits per heavy atom. The second-order valence-electron chi connectivity index (χ2n) is 4.57. The van der Waals surface area contributed by atoms with E-state index < -0.39 is 0 Å². The summed E-state index contributed by atoms with van der Waals surface area (Å²) in [6.45, 7) is 7.69. The van der Waals surface area contributed by atoms with E-state index in [4.69, 9.17) is 0 Å². The van der Waals surface area contributed by atoms with Crippen LogP contribution in [0.15, 0.2) is 25.3 Å². The van der Waals surface area contributed by atoms with Gasteiger partial charge in [0.25, 0.3) is 0 Å². The average Bonchev–Trinajstić information content (AvgIpc) is 2.48. The minimum absolute atomic E-state index is 0.540. The highest BCUT2D eigenvalue weighted by atomic mass is 14.2. The standard InChI is InChI=1S/C14H24/c1-3-13(4-2)11-12-14-9-7-5-6-8-10-14/h3-4,13-14H,1-2,5-12H2. The maximum Gasteiger partial charge on any atom is -0.00588 e. The third-order valence-electron chi connectivity index (χ3n) is 3.49. The Bertz CT molecular complexity index is 153. The van der Waals surface area contributed by atoms with E-state index in [1.165, 1.54) is 51.4 Å². The molecule has 0 heteroatoms. The normalized spacial score (nSPS) is 19.2. The number of hydrogen-bond acceptors (Lipinski definition) is 0. The van der Waals surface area contributed by atoms with E-state index in [1.54, 1.807) is 0 Å². The molecule has 1 rings (SSSR count). The summed E-state index contributed by atoms with van der Waals surface area (Å²) in [6.07, 6.45) is 15.5. The zero-order chi connectivity index (χ0) is 10.2. The first kappa shape index (κ1) is 11.6. The van der Waals surface area contributed by atoms with Crippen LogP contribution >= 0.6 is 0 Å². The van der Waals surface area contributed by atoms with E-state index in [1.807, 2.05) is 12.2 Å². The molecule has 0 aromatic heterocycles. The Morgan fingerprint density at radius 2 is 1.57 bits per heavy atom. The monoisotopic (exact) mass is 192 g/mol. The predicted molar refractivity (Wildman–Crippen MR) is 64.3 cm³/mol. The maximum atomic E-state index is 3.84. The van der Waals surface area contributed by atoms with Crippen molar-refractivity contribution in [1.29, 1.82) is 0 Å². The molecular formula is C14H24. The molecule has 0 saturated heterocycles. The minimum atomic E-state index is 0.540. The van der Waals surface area contributed by atoms with E-state index in [9.17, 15) is 0 Å². The smallest absolute Gasteiger partial charge is 0.00588 e. The zero-order valence-corrected chi connectivity index (χ0v) is 9.38. The van der Waals surface area contributed by atoms with Crippen LogP contribution in [0.5, 0.6) is 0 Å². The van der Waals surface area contributed by atoms with Gasteiger partial charge in [-0.05, 0) is 24.7 Å². The van der Waals surface area contributed by atoms with Gasteiger partial charge in [0.2, 0.25) is 0 Å². The van der Waals surface area contributed by atoms with E-state index in [0.29, 0.717) is 5.92 Å². The first-order valence-electron chi connectivity index (χ1n) is 6.12. The lowest BCUT2D eigenvalue weighted by molar-refractivity contribution is 0.403. The van der Waals surface area contributed by atoms with Gasteiger partial charge in [0.15, 0.2) is 0 Å². The maximum absolute atomic E-state index is 3.84. The first-order chi connectivity index (χ1) is 6.86. The molecule has 0 radical (unpaired) electrons. The average molecular weight is 192 g/mol. The molecule has 0 aliphatic heterocycles. The van der Waals surface area contributed by atoms with Crippen molar-refractivity contribution in [3.63, 3.8) is 0 Å². The van der Waals surface area contributed by atoms with Gasteiger partial charge in [0.05, 0.1) is 0 Å². The van der Waals surface area contributed by atoms with Crippen molar-refractivity contribution in [2.45, 2.75) is 51.4 Å². The molecule has 1 aliphatic rings. The molecular weight excluding hydrogens is 168 g/mol. The van der Waals surface area contributed by atoms with E-state index in [2.05, 4.69) is 13.2 Å². The number of hydrogen-bond donors (Lipinski definition) is 0. The van der Waals surface area contributed by atoms with Crippen molar-refractivity contribution >= 4 is 0 Å². The zero-order valence-electron chi connectivity index (χ0n) is 9.38. The van der Waals surface area contributed by atoms with Crippen LogP contribution in [0.3, 0.4) is 0 Å². The highest BCUT2D eigenvalue weighted by Gasteiger charge is 2.12. The SMILES string of the molecule is C=CC(C=C)CCC1CCCCCC1. The fourth-order valence-electron chi connectivity index (χ4n) is 2.41. The van der Waals surface area contributed by atoms with Crippen LogP contribution in [0, 0.1) is 11.8 Å². The topological polar surface area (TPSA) is 0 Å². The Balaban J connectivity index is 2.21. The van der Waals surface area contributed by atoms with Crippen LogP contribution in [0.4, 0.5) is 0 Å². The van der Waals surface area contributed by atoms with Crippen LogP contribution in [0.1, 0.15) is 51.4 Å². The molecule has 1 saturated carbocycles. The van der Waals surface area contributed by atoms with E-state index in [-0.39, 0.29) is 0 Å². The molecule has 0 nitrogen and oxygen atoms in total. The lowest BCUT2D eigenvalue weighted by Gasteiger charge is -2.15. The van der Waals surface area contributed by atoms with Crippen molar-refractivity contribution in [3.05, 3.63) is 25.3 Å². The lowest BCUT2D eigenvalue weighted by atomic mass is 9.91. The number of rotatable bonds is 5. The molecule has 80 valence electrons. The molecule has 0 heterocycles. The molecule has 0 N–H and O–H groups in total. The quantitative estimate of drug-likeness (QED) is 0.436. The molecule has 1 aliphatic carbocycles. The largest absolute Gasteiger partial charge is 0.102 e. The van der Waals surface area contributed by atoms with Crippen molar-refractivity contribution < 1.29 is 0 Å². The fourth-order valence-corrected chi connectivity index (χ4v) is 2.41. The summed E-state index contributed by atoms with van der Waals surface area (Å²) in [7, 11) is 0. The van der Waals surface area contributed by atoms with Crippen molar-refractivity contribution in [3.8, 4) is 0 Å². The van der Waals surface area contributed by atoms with Gasteiger partial charge in [0.1, 0.15) is 0 Å². The Labute approximate surface area is 89.1 Å². The predicted octanol–water partition coefficient (Wildman–Crippen LogP) is 4.73. The second-order valence-corrected chi connectivity index (χ2v) is 4.57. The summed E-state index contributed by atoms with van der Waals surface area (Å²) in [5.74, 6) is 1.53. The number of allylic oxidation sites excluding steroid dienone is 2. The second kappa shape index (κ2) is 6.86. The Morgan fingerprint density at radius 1 is 1.00 bits per heavy atom. The summed E-state index contributed by atoms with van der Waals surface area (Å²) >= 11 is 0. The van der Waals surface area contributed by atoms with E-state index >= 15 is 0 Å². The molecule has 1 fully saturated rings. The summed E-state index contributed by atoms with van der Waals surface area (Å²) in [5.41, 5.74) is 0. The van der Waals surface area contributed by atoms with Crippen LogP contribution in [0.2, 0.25) is 0 Å². The van der Waals surface area contributed by atoms with E-state index in [0.717, 1.165) is 5.92 Å². The minimum Gasteiger partial charge on any atom is -0.102 e. The van der Waals surface area contributed by atoms with Gasteiger partial charge in [-0.1, -0.05) is 50.7 Å². The summed E-state index contributed by atoms with van der Waals surface area (Å²) in [6, 6.07) is 0. The molecule has 0 atom stereocenters. The highest BCUT2D eigenvalue weighted by molar-refractivity contribution is 4.92. The van der Waals surface area contributed by atoms with Gasteiger partial charge >= 0.3 is 0 Å². The van der Waals surface area contributed by atoms with Crippen LogP contribution in [-0.2, 0) is 0 Å². The molecule has 0 bridgehead atoms.